The molecule has 3 nitrogen and oxygen atoms in total. The van der Waals surface area contributed by atoms with Crippen LogP contribution in [0.4, 0.5) is 24.5 Å². The van der Waals surface area contributed by atoms with E-state index >= 15 is 0 Å². The summed E-state index contributed by atoms with van der Waals surface area (Å²) in [6.07, 6.45) is -4.44. The first kappa shape index (κ1) is 13.7. The van der Waals surface area contributed by atoms with Crippen LogP contribution in [-0.4, -0.2) is 12.0 Å². The van der Waals surface area contributed by atoms with Crippen LogP contribution < -0.4 is 10.6 Å². The zero-order valence-corrected chi connectivity index (χ0v) is 10.9. The predicted molar refractivity (Wildman–Crippen MR) is 70.1 cm³/mol. The third-order valence-corrected chi connectivity index (χ3v) is 3.30. The molecule has 0 saturated heterocycles. The lowest BCUT2D eigenvalue weighted by atomic mass is 10.1. The van der Waals surface area contributed by atoms with Gasteiger partial charge in [-0.3, -0.25) is 0 Å². The topological polar surface area (TPSA) is 42.2 Å². The van der Waals surface area contributed by atoms with Gasteiger partial charge < -0.3 is 10.6 Å². The van der Waals surface area contributed by atoms with Crippen LogP contribution in [0.25, 0.3) is 0 Å². The Labute approximate surface area is 112 Å². The number of thiazole rings is 1. The van der Waals surface area contributed by atoms with Crippen molar-refractivity contribution in [2.24, 2.45) is 0 Å². The molecule has 0 atom stereocenters. The van der Waals surface area contributed by atoms with Gasteiger partial charge in [0.1, 0.15) is 0 Å². The van der Waals surface area contributed by atoms with E-state index in [-0.39, 0.29) is 5.69 Å². The average Bonchev–Trinajstić information content (AvgIpc) is 2.80. The largest absolute Gasteiger partial charge is 0.418 e. The van der Waals surface area contributed by atoms with E-state index in [1.165, 1.54) is 17.4 Å². The number of aromatic nitrogens is 1. The van der Waals surface area contributed by atoms with Gasteiger partial charge in [-0.1, -0.05) is 0 Å². The first-order chi connectivity index (χ1) is 8.88. The van der Waals surface area contributed by atoms with Crippen molar-refractivity contribution in [3.05, 3.63) is 40.3 Å². The second kappa shape index (κ2) is 5.08. The molecule has 0 bridgehead atoms. The first-order valence-corrected chi connectivity index (χ1v) is 6.37. The lowest BCUT2D eigenvalue weighted by Crippen LogP contribution is -2.18. The number of hydrogen-bond acceptors (Lipinski definition) is 4. The minimum absolute atomic E-state index is 0.265. The van der Waals surface area contributed by atoms with Crippen molar-refractivity contribution in [3.8, 4) is 0 Å². The van der Waals surface area contributed by atoms with E-state index in [1.54, 1.807) is 23.5 Å². The summed E-state index contributed by atoms with van der Waals surface area (Å²) in [4.78, 5) is 5.80. The third-order valence-electron chi connectivity index (χ3n) is 2.67. The van der Waals surface area contributed by atoms with Crippen LogP contribution in [0.1, 0.15) is 11.3 Å². The molecular formula is C12H12F3N3S. The van der Waals surface area contributed by atoms with E-state index in [4.69, 9.17) is 5.73 Å². The van der Waals surface area contributed by atoms with Crippen molar-refractivity contribution in [1.29, 1.82) is 0 Å². The molecule has 1 aromatic carbocycles. The number of rotatable bonds is 3. The van der Waals surface area contributed by atoms with Gasteiger partial charge in [-0.25, -0.2) is 4.98 Å². The van der Waals surface area contributed by atoms with E-state index in [0.717, 1.165) is 11.8 Å². The molecule has 7 heteroatoms. The summed E-state index contributed by atoms with van der Waals surface area (Å²) in [6, 6.07) is 3.90. The Morgan fingerprint density at radius 1 is 1.37 bits per heavy atom. The van der Waals surface area contributed by atoms with Gasteiger partial charge in [-0.15, -0.1) is 11.3 Å². The molecule has 1 heterocycles. The van der Waals surface area contributed by atoms with Crippen LogP contribution in [0, 0.1) is 0 Å². The lowest BCUT2D eigenvalue weighted by Gasteiger charge is -2.20. The van der Waals surface area contributed by atoms with Gasteiger partial charge in [-0.05, 0) is 18.2 Å². The molecule has 0 aliphatic rings. The molecule has 0 aliphatic carbocycles. The Bertz CT molecular complexity index is 552. The maximum Gasteiger partial charge on any atom is 0.418 e. The second-order valence-electron chi connectivity index (χ2n) is 4.11. The standard InChI is InChI=1S/C12H12F3N3S/c1-18(5-8-6-19-7-17-8)9-2-3-11(16)10(4-9)12(13,14)15/h2-4,6-7H,5,16H2,1H3. The minimum atomic E-state index is -4.44. The number of nitrogen functional groups attached to an aromatic ring is 1. The zero-order valence-electron chi connectivity index (χ0n) is 10.1. The van der Waals surface area contributed by atoms with E-state index in [2.05, 4.69) is 4.98 Å². The minimum Gasteiger partial charge on any atom is -0.398 e. The molecule has 102 valence electrons. The molecule has 0 radical (unpaired) electrons. The summed E-state index contributed by atoms with van der Waals surface area (Å²) >= 11 is 1.45. The van der Waals surface area contributed by atoms with Crippen LogP contribution in [0.5, 0.6) is 0 Å². The Hall–Kier alpha value is -1.76. The normalized spacial score (nSPS) is 11.6. The molecule has 0 spiro atoms. The molecule has 2 N–H and O–H groups in total. The fourth-order valence-corrected chi connectivity index (χ4v) is 2.23. The van der Waals surface area contributed by atoms with Gasteiger partial charge in [-0.2, -0.15) is 13.2 Å². The highest BCUT2D eigenvalue weighted by molar-refractivity contribution is 7.07. The van der Waals surface area contributed by atoms with Crippen LogP contribution in [0.15, 0.2) is 29.1 Å². The molecular weight excluding hydrogens is 275 g/mol. The number of nitrogens with two attached hydrogens (primary N) is 1. The van der Waals surface area contributed by atoms with E-state index in [9.17, 15) is 13.2 Å². The van der Waals surface area contributed by atoms with Gasteiger partial charge in [0, 0.05) is 23.8 Å². The fraction of sp³-hybridized carbons (Fsp3) is 0.250. The van der Waals surface area contributed by atoms with Gasteiger partial charge in [0.2, 0.25) is 0 Å². The maximum absolute atomic E-state index is 12.8. The number of anilines is 2. The molecule has 1 aromatic heterocycles. The lowest BCUT2D eigenvalue weighted by molar-refractivity contribution is -0.136. The highest BCUT2D eigenvalue weighted by Crippen LogP contribution is 2.35. The molecule has 2 aromatic rings. The number of hydrogen-bond donors (Lipinski definition) is 1. The van der Waals surface area contributed by atoms with Crippen molar-refractivity contribution in [2.45, 2.75) is 12.7 Å². The molecule has 0 amide bonds. The van der Waals surface area contributed by atoms with Crippen molar-refractivity contribution >= 4 is 22.7 Å². The second-order valence-corrected chi connectivity index (χ2v) is 4.82. The SMILES string of the molecule is CN(Cc1cscn1)c1ccc(N)c(C(F)(F)F)c1. The average molecular weight is 287 g/mol. The molecule has 0 unspecified atom stereocenters. The summed E-state index contributed by atoms with van der Waals surface area (Å²) < 4.78 is 38.3. The number of nitrogens with zero attached hydrogens (tertiary/aromatic N) is 2. The molecule has 19 heavy (non-hydrogen) atoms. The van der Waals surface area contributed by atoms with Crippen LogP contribution in [0.3, 0.4) is 0 Å². The molecule has 0 fully saturated rings. The van der Waals surface area contributed by atoms with Gasteiger partial charge >= 0.3 is 6.18 Å². The number of benzene rings is 1. The Morgan fingerprint density at radius 3 is 2.68 bits per heavy atom. The maximum atomic E-state index is 12.8. The smallest absolute Gasteiger partial charge is 0.398 e. The first-order valence-electron chi connectivity index (χ1n) is 5.43. The summed E-state index contributed by atoms with van der Waals surface area (Å²) in [7, 11) is 1.71. The van der Waals surface area contributed by atoms with Gasteiger partial charge in [0.25, 0.3) is 0 Å². The van der Waals surface area contributed by atoms with Crippen LogP contribution in [-0.2, 0) is 12.7 Å². The summed E-state index contributed by atoms with van der Waals surface area (Å²) in [5, 5.41) is 1.86. The van der Waals surface area contributed by atoms with Crippen molar-refractivity contribution in [1.82, 2.24) is 4.98 Å². The van der Waals surface area contributed by atoms with E-state index in [1.807, 2.05) is 5.38 Å². The Balaban J connectivity index is 2.25. The van der Waals surface area contributed by atoms with Gasteiger partial charge in [0.05, 0.1) is 23.3 Å². The highest BCUT2D eigenvalue weighted by Gasteiger charge is 2.33. The fourth-order valence-electron chi connectivity index (χ4n) is 1.68. The third kappa shape index (κ3) is 3.17. The molecule has 2 rings (SSSR count). The van der Waals surface area contributed by atoms with E-state index in [0.29, 0.717) is 12.2 Å². The molecule has 0 saturated carbocycles. The monoisotopic (exact) mass is 287 g/mol. The summed E-state index contributed by atoms with van der Waals surface area (Å²) in [5.74, 6) is 0. The zero-order chi connectivity index (χ0) is 14.0. The van der Waals surface area contributed by atoms with Crippen molar-refractivity contribution in [2.75, 3.05) is 17.7 Å². The van der Waals surface area contributed by atoms with E-state index < -0.39 is 11.7 Å². The number of alkyl halides is 3. The van der Waals surface area contributed by atoms with Crippen LogP contribution in [0.2, 0.25) is 0 Å². The Morgan fingerprint density at radius 2 is 2.11 bits per heavy atom. The van der Waals surface area contributed by atoms with Crippen LogP contribution >= 0.6 is 11.3 Å². The summed E-state index contributed by atoms with van der Waals surface area (Å²) in [5.41, 5.74) is 7.25. The van der Waals surface area contributed by atoms with Crippen molar-refractivity contribution in [3.63, 3.8) is 0 Å². The number of halogens is 3. The van der Waals surface area contributed by atoms with Crippen molar-refractivity contribution < 1.29 is 13.2 Å². The summed E-state index contributed by atoms with van der Waals surface area (Å²) in [6.45, 7) is 0.449. The Kier molecular flexibility index (Phi) is 3.66. The van der Waals surface area contributed by atoms with Gasteiger partial charge in [0.15, 0.2) is 0 Å². The predicted octanol–water partition coefficient (Wildman–Crippen LogP) is 3.38. The molecule has 0 aliphatic heterocycles. The quantitative estimate of drug-likeness (QED) is 0.880. The highest BCUT2D eigenvalue weighted by atomic mass is 32.1.